The lowest BCUT2D eigenvalue weighted by Crippen LogP contribution is -2.51. The maximum atomic E-state index is 6.25. The van der Waals surface area contributed by atoms with Crippen LogP contribution in [0, 0.1) is 0 Å². The van der Waals surface area contributed by atoms with E-state index >= 15 is 0 Å². The molecule has 0 radical (unpaired) electrons. The number of nitrogens with two attached hydrogens (primary N) is 1. The lowest BCUT2D eigenvalue weighted by Gasteiger charge is -2.35. The smallest absolute Gasteiger partial charge is 0.191 e. The number of aromatic nitrogens is 4. The van der Waals surface area contributed by atoms with Crippen molar-refractivity contribution in [2.75, 3.05) is 43.9 Å². The summed E-state index contributed by atoms with van der Waals surface area (Å²) < 4.78 is 2.38. The normalized spacial score (nSPS) is 18.1. The molecule has 2 aromatic rings. The molecule has 0 spiro atoms. The molecule has 3 heterocycles. The van der Waals surface area contributed by atoms with Gasteiger partial charge in [0.05, 0.1) is 0 Å². The Bertz CT molecular complexity index is 796. The van der Waals surface area contributed by atoms with E-state index in [2.05, 4.69) is 40.8 Å². The first kappa shape index (κ1) is 23.6. The second-order valence-electron chi connectivity index (χ2n) is 7.54. The van der Waals surface area contributed by atoms with Crippen molar-refractivity contribution >= 4 is 58.2 Å². The Morgan fingerprint density at radius 3 is 2.67 bits per heavy atom. The number of piperazine rings is 1. The van der Waals surface area contributed by atoms with Crippen LogP contribution in [-0.4, -0.2) is 69.6 Å². The molecule has 2 fully saturated rings. The summed E-state index contributed by atoms with van der Waals surface area (Å²) in [5.74, 6) is 1.76. The molecule has 30 heavy (non-hydrogen) atoms. The van der Waals surface area contributed by atoms with Crippen molar-refractivity contribution in [2.24, 2.45) is 10.7 Å². The number of aliphatic imine (C=N–C) groups is 1. The Morgan fingerprint density at radius 2 is 2.00 bits per heavy atom. The van der Waals surface area contributed by atoms with Crippen molar-refractivity contribution in [3.63, 3.8) is 0 Å². The van der Waals surface area contributed by atoms with Gasteiger partial charge in [0.15, 0.2) is 16.2 Å². The average molecular weight is 563 g/mol. The van der Waals surface area contributed by atoms with Gasteiger partial charge in [-0.05, 0) is 25.5 Å². The van der Waals surface area contributed by atoms with Crippen LogP contribution in [0.1, 0.15) is 44.0 Å². The van der Waals surface area contributed by atoms with Gasteiger partial charge in [-0.25, -0.2) is 4.98 Å². The van der Waals surface area contributed by atoms with Gasteiger partial charge in [0.2, 0.25) is 0 Å². The van der Waals surface area contributed by atoms with Gasteiger partial charge in [0, 0.05) is 56.8 Å². The summed E-state index contributed by atoms with van der Waals surface area (Å²) in [6.45, 7) is 4.38. The molecule has 166 valence electrons. The number of rotatable bonds is 7. The number of halogens is 1. The topological polar surface area (TPSA) is 88.5 Å². The monoisotopic (exact) mass is 562 g/mol. The summed E-state index contributed by atoms with van der Waals surface area (Å²) in [5, 5.41) is 13.0. The molecule has 2 aromatic heterocycles. The minimum absolute atomic E-state index is 0. The fraction of sp³-hybridized carbons (Fsp3) is 0.684. The second-order valence-corrected chi connectivity index (χ2v) is 9.19. The predicted molar refractivity (Wildman–Crippen MR) is 135 cm³/mol. The van der Waals surface area contributed by atoms with E-state index < -0.39 is 0 Å². The molecule has 4 rings (SSSR count). The van der Waals surface area contributed by atoms with Crippen molar-refractivity contribution in [1.29, 1.82) is 0 Å². The molecule has 11 heteroatoms. The van der Waals surface area contributed by atoms with Gasteiger partial charge in [0.1, 0.15) is 5.82 Å². The molecule has 1 aliphatic heterocycles. The lowest BCUT2D eigenvalue weighted by atomic mass is 10.2. The maximum absolute atomic E-state index is 6.25. The fourth-order valence-electron chi connectivity index (χ4n) is 4.18. The van der Waals surface area contributed by atoms with E-state index in [1.54, 1.807) is 23.1 Å². The van der Waals surface area contributed by atoms with E-state index in [1.165, 1.54) is 25.7 Å². The first-order valence-corrected chi connectivity index (χ1v) is 12.5. The molecule has 0 amide bonds. The third-order valence-corrected chi connectivity index (χ3v) is 7.21. The molecule has 0 unspecified atom stereocenters. The van der Waals surface area contributed by atoms with Crippen molar-refractivity contribution in [3.8, 4) is 0 Å². The third-order valence-electron chi connectivity index (χ3n) is 5.73. The Kier molecular flexibility index (Phi) is 9.05. The Morgan fingerprint density at radius 1 is 1.23 bits per heavy atom. The molecule has 1 aliphatic carbocycles. The van der Waals surface area contributed by atoms with E-state index in [0.29, 0.717) is 12.0 Å². The van der Waals surface area contributed by atoms with E-state index in [9.17, 15) is 0 Å². The number of anilines is 1. The highest BCUT2D eigenvalue weighted by atomic mass is 127. The maximum Gasteiger partial charge on any atom is 0.191 e. The fourth-order valence-corrected chi connectivity index (χ4v) is 5.45. The standard InChI is InChI=1S/C19H30N8S2.HI/c1-28-19-24-23-16(27(19)15-5-2-3-6-15)7-4-8-21-17(20)25-10-12-26(13-11-25)18-22-9-14-29-18;/h9,14-15H,2-8,10-13H2,1H3,(H2,20,21);1H. The molecule has 0 bridgehead atoms. The molecule has 2 aliphatic rings. The van der Waals surface area contributed by atoms with Crippen LogP contribution < -0.4 is 10.6 Å². The van der Waals surface area contributed by atoms with Crippen LogP contribution in [0.2, 0.25) is 0 Å². The largest absolute Gasteiger partial charge is 0.370 e. The molecule has 8 nitrogen and oxygen atoms in total. The van der Waals surface area contributed by atoms with E-state index in [0.717, 1.165) is 61.7 Å². The highest BCUT2D eigenvalue weighted by Crippen LogP contribution is 2.33. The van der Waals surface area contributed by atoms with Crippen LogP contribution in [0.15, 0.2) is 21.7 Å². The Hall–Kier alpha value is -1.08. The molecular formula is C19H31IN8S2. The predicted octanol–water partition coefficient (Wildman–Crippen LogP) is 3.26. The van der Waals surface area contributed by atoms with Crippen LogP contribution in [0.5, 0.6) is 0 Å². The van der Waals surface area contributed by atoms with Gasteiger partial charge < -0.3 is 20.1 Å². The van der Waals surface area contributed by atoms with Gasteiger partial charge in [-0.2, -0.15) is 0 Å². The zero-order valence-corrected chi connectivity index (χ0v) is 21.4. The average Bonchev–Trinajstić information content (AvgIpc) is 3.52. The summed E-state index contributed by atoms with van der Waals surface area (Å²) in [7, 11) is 0. The molecule has 1 saturated heterocycles. The zero-order chi connectivity index (χ0) is 20.1. The zero-order valence-electron chi connectivity index (χ0n) is 17.4. The number of hydrogen-bond donors (Lipinski definition) is 1. The van der Waals surface area contributed by atoms with Crippen LogP contribution in [0.25, 0.3) is 0 Å². The van der Waals surface area contributed by atoms with Gasteiger partial charge in [-0.1, -0.05) is 24.6 Å². The SMILES string of the molecule is CSc1nnc(CCCN=C(N)N2CCN(c3nccs3)CC2)n1C1CCCC1.I. The number of hydrogen-bond acceptors (Lipinski definition) is 7. The van der Waals surface area contributed by atoms with Crippen LogP contribution in [0.4, 0.5) is 5.13 Å². The van der Waals surface area contributed by atoms with Crippen molar-refractivity contribution in [1.82, 2.24) is 24.6 Å². The van der Waals surface area contributed by atoms with Gasteiger partial charge in [-0.15, -0.1) is 45.5 Å². The molecular weight excluding hydrogens is 531 g/mol. The number of thiazole rings is 1. The molecule has 1 saturated carbocycles. The summed E-state index contributed by atoms with van der Waals surface area (Å²) >= 11 is 3.38. The first-order chi connectivity index (χ1) is 14.3. The number of nitrogens with zero attached hydrogens (tertiary/aromatic N) is 7. The van der Waals surface area contributed by atoms with Crippen molar-refractivity contribution in [2.45, 2.75) is 49.7 Å². The highest BCUT2D eigenvalue weighted by Gasteiger charge is 2.23. The van der Waals surface area contributed by atoms with Crippen LogP contribution in [0.3, 0.4) is 0 Å². The number of aryl methyl sites for hydroxylation is 1. The second kappa shape index (κ2) is 11.5. The highest BCUT2D eigenvalue weighted by molar-refractivity contribution is 14.0. The van der Waals surface area contributed by atoms with Gasteiger partial charge in [-0.3, -0.25) is 4.99 Å². The van der Waals surface area contributed by atoms with E-state index in [-0.39, 0.29) is 24.0 Å². The first-order valence-electron chi connectivity index (χ1n) is 10.4. The van der Waals surface area contributed by atoms with Gasteiger partial charge in [0.25, 0.3) is 0 Å². The number of guanidine groups is 1. The lowest BCUT2D eigenvalue weighted by molar-refractivity contribution is 0.380. The summed E-state index contributed by atoms with van der Waals surface area (Å²) in [4.78, 5) is 13.5. The summed E-state index contributed by atoms with van der Waals surface area (Å²) in [5.41, 5.74) is 6.25. The molecule has 0 atom stereocenters. The van der Waals surface area contributed by atoms with Crippen LogP contribution >= 0.6 is 47.1 Å². The molecule has 2 N–H and O–H groups in total. The summed E-state index contributed by atoms with van der Waals surface area (Å²) in [6.07, 6.45) is 10.9. The summed E-state index contributed by atoms with van der Waals surface area (Å²) in [6, 6.07) is 0.574. The Labute approximate surface area is 203 Å². The number of thioether (sulfide) groups is 1. The van der Waals surface area contributed by atoms with E-state index in [1.807, 2.05) is 11.6 Å². The van der Waals surface area contributed by atoms with Crippen molar-refractivity contribution < 1.29 is 0 Å². The van der Waals surface area contributed by atoms with Gasteiger partial charge >= 0.3 is 0 Å². The third kappa shape index (κ3) is 5.58. The minimum Gasteiger partial charge on any atom is -0.370 e. The quantitative estimate of drug-likeness (QED) is 0.182. The Balaban J connectivity index is 0.00000256. The van der Waals surface area contributed by atoms with Crippen molar-refractivity contribution in [3.05, 3.63) is 17.4 Å². The minimum atomic E-state index is 0. The van der Waals surface area contributed by atoms with Crippen LogP contribution in [-0.2, 0) is 6.42 Å². The molecule has 0 aromatic carbocycles. The van der Waals surface area contributed by atoms with E-state index in [4.69, 9.17) is 5.73 Å².